The van der Waals surface area contributed by atoms with Crippen LogP contribution in [0.25, 0.3) is 5.69 Å². The van der Waals surface area contributed by atoms with Crippen molar-refractivity contribution < 1.29 is 9.00 Å². The number of nitrogens with one attached hydrogen (secondary N) is 1. The number of amides is 1. The average molecular weight is 398 g/mol. The van der Waals surface area contributed by atoms with E-state index in [4.69, 9.17) is 0 Å². The molecule has 7 heteroatoms. The Hall–Kier alpha value is -2.93. The van der Waals surface area contributed by atoms with Gasteiger partial charge in [0.05, 0.1) is 22.2 Å². The van der Waals surface area contributed by atoms with E-state index in [-0.39, 0.29) is 22.4 Å². The number of benzene rings is 2. The highest BCUT2D eigenvalue weighted by Crippen LogP contribution is 2.16. The van der Waals surface area contributed by atoms with Gasteiger partial charge >= 0.3 is 0 Å². The van der Waals surface area contributed by atoms with Crippen molar-refractivity contribution in [1.29, 1.82) is 0 Å². The molecule has 1 amide bonds. The summed E-state index contributed by atoms with van der Waals surface area (Å²) in [7, 11) is 0.662. The molecule has 6 nitrogen and oxygen atoms in total. The summed E-state index contributed by atoms with van der Waals surface area (Å²) in [6, 6.07) is 15.9. The fraction of sp³-hybridized carbons (Fsp3) is 0.238. The van der Waals surface area contributed by atoms with Crippen LogP contribution in [0.1, 0.15) is 29.9 Å². The molecule has 28 heavy (non-hydrogen) atoms. The van der Waals surface area contributed by atoms with Crippen LogP contribution in [0.15, 0.2) is 64.3 Å². The second-order valence-corrected chi connectivity index (χ2v) is 8.77. The van der Waals surface area contributed by atoms with Gasteiger partial charge in [0.15, 0.2) is 0 Å². The van der Waals surface area contributed by atoms with E-state index in [9.17, 15) is 13.8 Å². The molecule has 0 saturated carbocycles. The molecule has 3 aromatic rings. The zero-order valence-corrected chi connectivity index (χ0v) is 17.1. The van der Waals surface area contributed by atoms with Crippen molar-refractivity contribution >= 4 is 22.4 Å². The van der Waals surface area contributed by atoms with E-state index in [1.54, 1.807) is 42.9 Å². The number of para-hydroxylation sites is 1. The molecule has 0 bridgehead atoms. The Morgan fingerprint density at radius 1 is 1.04 bits per heavy atom. The Labute approximate surface area is 166 Å². The van der Waals surface area contributed by atoms with Crippen molar-refractivity contribution in [3.05, 3.63) is 76.2 Å². The first-order chi connectivity index (χ1) is 13.3. The third kappa shape index (κ3) is 3.71. The Kier molecular flexibility index (Phi) is 5.65. The van der Waals surface area contributed by atoms with E-state index in [1.807, 2.05) is 44.2 Å². The van der Waals surface area contributed by atoms with E-state index >= 15 is 0 Å². The molecule has 3 rings (SSSR count). The minimum absolute atomic E-state index is 0.00287. The minimum atomic E-state index is -1.11. The summed E-state index contributed by atoms with van der Waals surface area (Å²) in [4.78, 5) is 26.2. The fourth-order valence-corrected chi connectivity index (χ4v) is 3.86. The van der Waals surface area contributed by atoms with Crippen molar-refractivity contribution in [3.8, 4) is 5.69 Å². The van der Waals surface area contributed by atoms with Crippen LogP contribution in [0, 0.1) is 6.92 Å². The van der Waals surface area contributed by atoms with E-state index in [1.165, 1.54) is 4.68 Å². The summed E-state index contributed by atoms with van der Waals surface area (Å²) < 4.78 is 15.4. The Bertz CT molecular complexity index is 1080. The third-order valence-electron chi connectivity index (χ3n) is 4.57. The van der Waals surface area contributed by atoms with Crippen LogP contribution in [0.2, 0.25) is 0 Å². The first kappa shape index (κ1) is 19.8. The Morgan fingerprint density at radius 3 is 2.21 bits per heavy atom. The molecule has 0 aliphatic rings. The maximum absolute atomic E-state index is 12.9. The lowest BCUT2D eigenvalue weighted by atomic mass is 10.2. The third-order valence-corrected chi connectivity index (χ3v) is 6.16. The second kappa shape index (κ2) is 7.98. The predicted molar refractivity (Wildman–Crippen MR) is 112 cm³/mol. The van der Waals surface area contributed by atoms with Gasteiger partial charge in [0, 0.05) is 22.8 Å². The second-order valence-electron chi connectivity index (χ2n) is 6.76. The lowest BCUT2D eigenvalue weighted by Gasteiger charge is -2.07. The molecule has 0 saturated heterocycles. The quantitative estimate of drug-likeness (QED) is 0.718. The summed E-state index contributed by atoms with van der Waals surface area (Å²) in [6.45, 7) is 5.55. The van der Waals surface area contributed by atoms with Crippen molar-refractivity contribution in [1.82, 2.24) is 9.36 Å². The Morgan fingerprint density at radius 2 is 1.64 bits per heavy atom. The molecular formula is C21H23N3O3S. The molecule has 0 spiro atoms. The monoisotopic (exact) mass is 397 g/mol. The van der Waals surface area contributed by atoms with E-state index in [2.05, 4.69) is 5.32 Å². The highest BCUT2D eigenvalue weighted by molar-refractivity contribution is 7.85. The van der Waals surface area contributed by atoms with Gasteiger partial charge in [-0.05, 0) is 43.3 Å². The molecule has 0 fully saturated rings. The summed E-state index contributed by atoms with van der Waals surface area (Å²) in [5.74, 6) is -0.382. The molecule has 1 atom stereocenters. The van der Waals surface area contributed by atoms with E-state index in [0.29, 0.717) is 16.2 Å². The zero-order valence-electron chi connectivity index (χ0n) is 16.3. The van der Waals surface area contributed by atoms with Crippen molar-refractivity contribution in [2.45, 2.75) is 30.9 Å². The topological polar surface area (TPSA) is 73.1 Å². The lowest BCUT2D eigenvalue weighted by molar-refractivity contribution is 0.102. The smallest absolute Gasteiger partial charge is 0.295 e. The van der Waals surface area contributed by atoms with Crippen molar-refractivity contribution in [2.24, 2.45) is 7.05 Å². The first-order valence-corrected chi connectivity index (χ1v) is 10.2. The number of nitrogens with zero attached hydrogens (tertiary/aromatic N) is 2. The van der Waals surface area contributed by atoms with Gasteiger partial charge in [-0.2, -0.15) is 0 Å². The van der Waals surface area contributed by atoms with Crippen LogP contribution >= 0.6 is 0 Å². The summed E-state index contributed by atoms with van der Waals surface area (Å²) in [5.41, 5.74) is 1.72. The van der Waals surface area contributed by atoms with Gasteiger partial charge in [0.2, 0.25) is 0 Å². The molecule has 1 N–H and O–H groups in total. The zero-order chi connectivity index (χ0) is 20.4. The van der Waals surface area contributed by atoms with Crippen LogP contribution in [-0.2, 0) is 17.8 Å². The number of hydrogen-bond acceptors (Lipinski definition) is 3. The van der Waals surface area contributed by atoms with Crippen molar-refractivity contribution in [3.63, 3.8) is 0 Å². The van der Waals surface area contributed by atoms with E-state index in [0.717, 1.165) is 5.69 Å². The SMILES string of the molecule is Cc1c(NC(=O)c2ccc(S(=O)C(C)C)cc2)c(=O)n(-c2ccccc2)n1C. The minimum Gasteiger partial charge on any atom is -0.316 e. The number of hydrogen-bond donors (Lipinski definition) is 1. The largest absolute Gasteiger partial charge is 0.316 e. The van der Waals surface area contributed by atoms with Gasteiger partial charge in [0.25, 0.3) is 11.5 Å². The number of aromatic nitrogens is 2. The first-order valence-electron chi connectivity index (χ1n) is 8.97. The van der Waals surface area contributed by atoms with Gasteiger partial charge in [-0.25, -0.2) is 4.68 Å². The van der Waals surface area contributed by atoms with Gasteiger partial charge in [-0.15, -0.1) is 0 Å². The maximum atomic E-state index is 12.9. The molecule has 0 aliphatic heterocycles. The standard InChI is InChI=1S/C21H23N3O3S/c1-14(2)28(27)18-12-10-16(11-13-18)20(25)22-19-15(3)23(4)24(21(19)26)17-8-6-5-7-9-17/h5-14H,1-4H3,(H,22,25). The molecular weight excluding hydrogens is 374 g/mol. The van der Waals surface area contributed by atoms with Crippen LogP contribution in [0.4, 0.5) is 5.69 Å². The number of rotatable bonds is 5. The van der Waals surface area contributed by atoms with Crippen LogP contribution in [0.3, 0.4) is 0 Å². The van der Waals surface area contributed by atoms with Gasteiger partial charge in [0.1, 0.15) is 5.69 Å². The van der Waals surface area contributed by atoms with E-state index < -0.39 is 10.8 Å². The molecule has 0 radical (unpaired) electrons. The van der Waals surface area contributed by atoms with Gasteiger partial charge in [-0.1, -0.05) is 32.0 Å². The lowest BCUT2D eigenvalue weighted by Crippen LogP contribution is -2.23. The fourth-order valence-electron chi connectivity index (χ4n) is 2.91. The molecule has 1 unspecified atom stereocenters. The number of anilines is 1. The number of carbonyl (C=O) groups is 1. The molecule has 0 aliphatic carbocycles. The molecule has 2 aromatic carbocycles. The highest BCUT2D eigenvalue weighted by atomic mass is 32.2. The summed E-state index contributed by atoms with van der Waals surface area (Å²) in [5, 5.41) is 2.73. The molecule has 146 valence electrons. The highest BCUT2D eigenvalue weighted by Gasteiger charge is 2.19. The summed E-state index contributed by atoms with van der Waals surface area (Å²) >= 11 is 0. The normalized spacial score (nSPS) is 12.2. The van der Waals surface area contributed by atoms with Gasteiger partial charge < -0.3 is 5.32 Å². The van der Waals surface area contributed by atoms with Crippen LogP contribution in [-0.4, -0.2) is 24.7 Å². The Balaban J connectivity index is 1.89. The van der Waals surface area contributed by atoms with Crippen LogP contribution < -0.4 is 10.9 Å². The molecule has 1 heterocycles. The molecule has 1 aromatic heterocycles. The average Bonchev–Trinajstić information content (AvgIpc) is 2.91. The van der Waals surface area contributed by atoms with Crippen LogP contribution in [0.5, 0.6) is 0 Å². The predicted octanol–water partition coefficient (Wildman–Crippen LogP) is 3.25. The van der Waals surface area contributed by atoms with Crippen molar-refractivity contribution in [2.75, 3.05) is 5.32 Å². The maximum Gasteiger partial charge on any atom is 0.295 e. The number of carbonyl (C=O) groups excluding carboxylic acids is 1. The summed E-state index contributed by atoms with van der Waals surface area (Å²) in [6.07, 6.45) is 0. The van der Waals surface area contributed by atoms with Gasteiger partial charge in [-0.3, -0.25) is 18.5 Å².